The van der Waals surface area contributed by atoms with Crippen LogP contribution in [0.1, 0.15) is 24.0 Å². The van der Waals surface area contributed by atoms with Crippen LogP contribution in [0.5, 0.6) is 5.75 Å². The van der Waals surface area contributed by atoms with Gasteiger partial charge in [-0.15, -0.1) is 0 Å². The predicted octanol–water partition coefficient (Wildman–Crippen LogP) is 1.89. The van der Waals surface area contributed by atoms with E-state index in [1.165, 1.54) is 0 Å². The summed E-state index contributed by atoms with van der Waals surface area (Å²) in [5.41, 5.74) is 2.22. The minimum Gasteiger partial charge on any atom is -0.484 e. The standard InChI is InChI=1S/C17H17NO4/c19-16(18-7-2-8-18)10-21-11-5-6-13-12-3-1-4-14(12)17(20)22-15(13)9-11/h5-6,9H,1-4,7-8,10H2. The van der Waals surface area contributed by atoms with E-state index < -0.39 is 0 Å². The summed E-state index contributed by atoms with van der Waals surface area (Å²) >= 11 is 0. The van der Waals surface area contributed by atoms with Crippen LogP contribution >= 0.6 is 0 Å². The summed E-state index contributed by atoms with van der Waals surface area (Å²) in [5.74, 6) is 0.559. The summed E-state index contributed by atoms with van der Waals surface area (Å²) in [5, 5.41) is 0.980. The fraction of sp³-hybridized carbons (Fsp3) is 0.412. The van der Waals surface area contributed by atoms with Crippen LogP contribution in [-0.4, -0.2) is 30.5 Å². The SMILES string of the molecule is O=C(COc1ccc2c3c(c(=O)oc2c1)CCC3)N1CCC1. The monoisotopic (exact) mass is 299 g/mol. The van der Waals surface area contributed by atoms with E-state index in [4.69, 9.17) is 9.15 Å². The first-order valence-corrected chi connectivity index (χ1v) is 7.71. The van der Waals surface area contributed by atoms with Gasteiger partial charge in [-0.3, -0.25) is 4.79 Å². The molecule has 2 heterocycles. The number of amides is 1. The number of carbonyl (C=O) groups is 1. The van der Waals surface area contributed by atoms with Gasteiger partial charge in [-0.1, -0.05) is 0 Å². The van der Waals surface area contributed by atoms with E-state index in [0.717, 1.165) is 55.3 Å². The lowest BCUT2D eigenvalue weighted by atomic mass is 10.1. The molecule has 0 spiro atoms. The average molecular weight is 299 g/mol. The quantitative estimate of drug-likeness (QED) is 0.812. The molecule has 0 atom stereocenters. The summed E-state index contributed by atoms with van der Waals surface area (Å²) < 4.78 is 10.9. The molecule has 0 unspecified atom stereocenters. The summed E-state index contributed by atoms with van der Waals surface area (Å²) in [6.45, 7) is 1.67. The maximum Gasteiger partial charge on any atom is 0.339 e. The van der Waals surface area contributed by atoms with Crippen molar-refractivity contribution in [1.82, 2.24) is 4.90 Å². The Kier molecular flexibility index (Phi) is 3.13. The van der Waals surface area contributed by atoms with E-state index in [2.05, 4.69) is 0 Å². The third kappa shape index (κ3) is 2.17. The molecule has 1 aliphatic carbocycles. The Bertz CT molecular complexity index is 804. The van der Waals surface area contributed by atoms with Gasteiger partial charge in [-0.05, 0) is 43.4 Å². The van der Waals surface area contributed by atoms with Crippen molar-refractivity contribution < 1.29 is 13.9 Å². The highest BCUT2D eigenvalue weighted by atomic mass is 16.5. The number of fused-ring (bicyclic) bond motifs is 3. The number of rotatable bonds is 3. The molecule has 4 rings (SSSR count). The minimum absolute atomic E-state index is 0.00162. The van der Waals surface area contributed by atoms with Crippen molar-refractivity contribution in [2.45, 2.75) is 25.7 Å². The van der Waals surface area contributed by atoms with E-state index in [1.54, 1.807) is 11.0 Å². The molecule has 1 saturated heterocycles. The molecule has 1 amide bonds. The molecule has 1 aliphatic heterocycles. The molecular formula is C17H17NO4. The Morgan fingerprint density at radius 1 is 1.18 bits per heavy atom. The second-order valence-electron chi connectivity index (χ2n) is 5.88. The number of hydrogen-bond donors (Lipinski definition) is 0. The van der Waals surface area contributed by atoms with Gasteiger partial charge in [-0.2, -0.15) is 0 Å². The molecule has 5 nitrogen and oxygen atoms in total. The molecule has 22 heavy (non-hydrogen) atoms. The highest BCUT2D eigenvalue weighted by Gasteiger charge is 2.21. The van der Waals surface area contributed by atoms with Crippen molar-refractivity contribution in [2.75, 3.05) is 19.7 Å². The fourth-order valence-corrected chi connectivity index (χ4v) is 3.16. The summed E-state index contributed by atoms with van der Waals surface area (Å²) in [6.07, 6.45) is 3.79. The Balaban J connectivity index is 1.59. The Morgan fingerprint density at radius 3 is 2.77 bits per heavy atom. The third-order valence-electron chi connectivity index (χ3n) is 4.52. The van der Waals surface area contributed by atoms with Gasteiger partial charge in [0.25, 0.3) is 5.91 Å². The van der Waals surface area contributed by atoms with E-state index in [-0.39, 0.29) is 18.1 Å². The van der Waals surface area contributed by atoms with E-state index in [9.17, 15) is 9.59 Å². The second-order valence-corrected chi connectivity index (χ2v) is 5.88. The third-order valence-corrected chi connectivity index (χ3v) is 4.52. The normalized spacial score (nSPS) is 16.5. The lowest BCUT2D eigenvalue weighted by molar-refractivity contribution is -0.136. The Morgan fingerprint density at radius 2 is 2.00 bits per heavy atom. The zero-order valence-electron chi connectivity index (χ0n) is 12.3. The zero-order chi connectivity index (χ0) is 15.1. The predicted molar refractivity (Wildman–Crippen MR) is 81.2 cm³/mol. The van der Waals surface area contributed by atoms with E-state index in [0.29, 0.717) is 11.3 Å². The van der Waals surface area contributed by atoms with Gasteiger partial charge in [0.15, 0.2) is 6.61 Å². The molecule has 0 radical (unpaired) electrons. The molecule has 2 aliphatic rings. The van der Waals surface area contributed by atoms with Gasteiger partial charge in [0, 0.05) is 30.1 Å². The van der Waals surface area contributed by atoms with Gasteiger partial charge >= 0.3 is 5.63 Å². The van der Waals surface area contributed by atoms with Gasteiger partial charge in [0.05, 0.1) is 0 Å². The first-order chi connectivity index (χ1) is 10.7. The first kappa shape index (κ1) is 13.4. The zero-order valence-corrected chi connectivity index (χ0v) is 12.3. The summed E-state index contributed by atoms with van der Waals surface area (Å²) in [4.78, 5) is 25.5. The summed E-state index contributed by atoms with van der Waals surface area (Å²) in [7, 11) is 0. The van der Waals surface area contributed by atoms with Crippen molar-refractivity contribution in [1.29, 1.82) is 0 Å². The Hall–Kier alpha value is -2.30. The number of nitrogens with zero attached hydrogens (tertiary/aromatic N) is 1. The fourth-order valence-electron chi connectivity index (χ4n) is 3.16. The molecule has 0 N–H and O–H groups in total. The van der Waals surface area contributed by atoms with Crippen molar-refractivity contribution in [3.8, 4) is 5.75 Å². The molecule has 0 bridgehead atoms. The molecule has 0 saturated carbocycles. The van der Waals surface area contributed by atoms with Crippen LogP contribution in [0, 0.1) is 0 Å². The molecule has 114 valence electrons. The number of carbonyl (C=O) groups excluding carboxylic acids is 1. The van der Waals surface area contributed by atoms with Crippen LogP contribution in [0.25, 0.3) is 11.0 Å². The lowest BCUT2D eigenvalue weighted by Crippen LogP contribution is -2.44. The summed E-state index contributed by atoms with van der Waals surface area (Å²) in [6, 6.07) is 5.47. The molecule has 1 aromatic carbocycles. The van der Waals surface area contributed by atoms with Crippen molar-refractivity contribution in [3.63, 3.8) is 0 Å². The number of hydrogen-bond acceptors (Lipinski definition) is 4. The number of benzene rings is 1. The van der Waals surface area contributed by atoms with Crippen LogP contribution in [0.2, 0.25) is 0 Å². The Labute approximate surface area is 127 Å². The van der Waals surface area contributed by atoms with Crippen molar-refractivity contribution in [2.24, 2.45) is 0 Å². The van der Waals surface area contributed by atoms with Crippen LogP contribution in [-0.2, 0) is 17.6 Å². The maximum absolute atomic E-state index is 12.0. The van der Waals surface area contributed by atoms with Crippen molar-refractivity contribution in [3.05, 3.63) is 39.7 Å². The van der Waals surface area contributed by atoms with Crippen LogP contribution in [0.4, 0.5) is 0 Å². The van der Waals surface area contributed by atoms with Gasteiger partial charge in [0.2, 0.25) is 0 Å². The highest BCUT2D eigenvalue weighted by molar-refractivity contribution is 5.83. The molecule has 2 aromatic rings. The highest BCUT2D eigenvalue weighted by Crippen LogP contribution is 2.29. The molecule has 5 heteroatoms. The van der Waals surface area contributed by atoms with Gasteiger partial charge in [-0.25, -0.2) is 4.79 Å². The van der Waals surface area contributed by atoms with Crippen LogP contribution in [0.15, 0.2) is 27.4 Å². The molecule has 1 fully saturated rings. The molecule has 1 aromatic heterocycles. The number of ether oxygens (including phenoxy) is 1. The van der Waals surface area contributed by atoms with E-state index in [1.807, 2.05) is 12.1 Å². The largest absolute Gasteiger partial charge is 0.484 e. The van der Waals surface area contributed by atoms with E-state index >= 15 is 0 Å². The minimum atomic E-state index is -0.242. The van der Waals surface area contributed by atoms with Gasteiger partial charge in [0.1, 0.15) is 11.3 Å². The van der Waals surface area contributed by atoms with Crippen molar-refractivity contribution >= 4 is 16.9 Å². The maximum atomic E-state index is 12.0. The number of aryl methyl sites for hydroxylation is 1. The molecular weight excluding hydrogens is 282 g/mol. The smallest absolute Gasteiger partial charge is 0.339 e. The van der Waals surface area contributed by atoms with Gasteiger partial charge < -0.3 is 14.1 Å². The first-order valence-electron chi connectivity index (χ1n) is 7.71. The number of likely N-dealkylation sites (tertiary alicyclic amines) is 1. The lowest BCUT2D eigenvalue weighted by Gasteiger charge is -2.30. The average Bonchev–Trinajstić information content (AvgIpc) is 2.93. The van der Waals surface area contributed by atoms with Crippen LogP contribution in [0.3, 0.4) is 0 Å². The van der Waals surface area contributed by atoms with Crippen LogP contribution < -0.4 is 10.4 Å². The topological polar surface area (TPSA) is 59.8 Å². The second kappa shape index (κ2) is 5.16.